The normalized spacial score (nSPS) is 9.47. The molecule has 6 heteroatoms. The van der Waals surface area contributed by atoms with E-state index in [0.29, 0.717) is 18.7 Å². The van der Waals surface area contributed by atoms with Crippen LogP contribution in [0.5, 0.6) is 5.75 Å². The lowest BCUT2D eigenvalue weighted by atomic mass is 10.3. The largest absolute Gasteiger partial charge is 0.426 e. The number of esters is 1. The quantitative estimate of drug-likeness (QED) is 0.324. The number of benzene rings is 1. The van der Waals surface area contributed by atoms with E-state index in [-0.39, 0.29) is 12.1 Å². The van der Waals surface area contributed by atoms with Crippen LogP contribution in [0.4, 0.5) is 5.69 Å². The number of nitroso groups, excluding NO2 is 1. The molecule has 90 valence electrons. The molecule has 0 aliphatic rings. The average Bonchev–Trinajstić information content (AvgIpc) is 2.36. The van der Waals surface area contributed by atoms with Crippen LogP contribution >= 0.6 is 0 Å². The van der Waals surface area contributed by atoms with Crippen LogP contribution in [0.25, 0.3) is 0 Å². The first-order valence-electron chi connectivity index (χ1n) is 4.95. The van der Waals surface area contributed by atoms with Crippen molar-refractivity contribution in [1.82, 2.24) is 4.90 Å². The minimum atomic E-state index is -0.439. The highest BCUT2D eigenvalue weighted by molar-refractivity contribution is 5.73. The maximum Gasteiger partial charge on any atom is 0.312 e. The molecule has 0 heterocycles. The molecule has 0 N–H and O–H groups in total. The van der Waals surface area contributed by atoms with E-state index in [0.717, 1.165) is 0 Å². The topological polar surface area (TPSA) is 76.0 Å². The number of carbonyl (C=O) groups is 2. The molecule has 0 spiro atoms. The maximum absolute atomic E-state index is 11.3. The molecule has 0 bridgehead atoms. The highest BCUT2D eigenvalue weighted by Gasteiger charge is 2.06. The fraction of sp³-hybridized carbons (Fsp3) is 0.273. The van der Waals surface area contributed by atoms with E-state index in [2.05, 4.69) is 5.18 Å². The van der Waals surface area contributed by atoms with Crippen molar-refractivity contribution in [2.24, 2.45) is 5.18 Å². The molecule has 0 aliphatic carbocycles. The number of nitrogens with zero attached hydrogens (tertiary/aromatic N) is 2. The van der Waals surface area contributed by atoms with Gasteiger partial charge in [0.05, 0.1) is 6.42 Å². The van der Waals surface area contributed by atoms with Crippen LogP contribution in [0.1, 0.15) is 6.42 Å². The molecular weight excluding hydrogens is 224 g/mol. The van der Waals surface area contributed by atoms with Crippen molar-refractivity contribution in [3.05, 3.63) is 29.2 Å². The third kappa shape index (κ3) is 4.42. The van der Waals surface area contributed by atoms with Crippen molar-refractivity contribution in [2.75, 3.05) is 13.6 Å². The van der Waals surface area contributed by atoms with Crippen LogP contribution < -0.4 is 4.74 Å². The smallest absolute Gasteiger partial charge is 0.312 e. The lowest BCUT2D eigenvalue weighted by molar-refractivity contribution is -0.134. The second-order valence-corrected chi connectivity index (χ2v) is 3.40. The summed E-state index contributed by atoms with van der Waals surface area (Å²) in [6.45, 7) is 0.302. The average molecular weight is 236 g/mol. The summed E-state index contributed by atoms with van der Waals surface area (Å²) in [6.07, 6.45) is 0.751. The van der Waals surface area contributed by atoms with Gasteiger partial charge in [-0.2, -0.15) is 0 Å². The highest BCUT2D eigenvalue weighted by Crippen LogP contribution is 2.17. The lowest BCUT2D eigenvalue weighted by Gasteiger charge is -2.09. The van der Waals surface area contributed by atoms with Gasteiger partial charge in [-0.3, -0.25) is 9.59 Å². The first-order chi connectivity index (χ1) is 8.15. The van der Waals surface area contributed by atoms with Crippen LogP contribution in [0.3, 0.4) is 0 Å². The Hall–Kier alpha value is -2.24. The molecule has 1 aromatic rings. The summed E-state index contributed by atoms with van der Waals surface area (Å²) in [7, 11) is 1.57. The highest BCUT2D eigenvalue weighted by atomic mass is 16.5. The molecule has 1 aromatic carbocycles. The van der Waals surface area contributed by atoms with Gasteiger partial charge in [0.2, 0.25) is 6.41 Å². The van der Waals surface area contributed by atoms with Gasteiger partial charge in [0.1, 0.15) is 11.4 Å². The molecule has 0 unspecified atom stereocenters. The molecular formula is C11H12N2O4. The summed E-state index contributed by atoms with van der Waals surface area (Å²) in [4.78, 5) is 33.1. The fourth-order valence-electron chi connectivity index (χ4n) is 1.08. The van der Waals surface area contributed by atoms with Crippen LogP contribution in [0.15, 0.2) is 29.4 Å². The van der Waals surface area contributed by atoms with Crippen LogP contribution in [-0.2, 0) is 9.59 Å². The zero-order chi connectivity index (χ0) is 12.7. The molecule has 0 aliphatic heterocycles. The van der Waals surface area contributed by atoms with Crippen molar-refractivity contribution in [3.8, 4) is 5.75 Å². The SMILES string of the molecule is CN(C=O)CCC(=O)Oc1ccc(N=O)cc1. The molecule has 0 atom stereocenters. The monoisotopic (exact) mass is 236 g/mol. The van der Waals surface area contributed by atoms with Gasteiger partial charge in [-0.25, -0.2) is 0 Å². The molecule has 6 nitrogen and oxygen atoms in total. The molecule has 1 amide bonds. The summed E-state index contributed by atoms with van der Waals surface area (Å²) in [5.41, 5.74) is 0.269. The minimum Gasteiger partial charge on any atom is -0.426 e. The molecule has 0 aromatic heterocycles. The Morgan fingerprint density at radius 1 is 1.41 bits per heavy atom. The molecule has 0 saturated heterocycles. The number of hydrogen-bond acceptors (Lipinski definition) is 5. The number of rotatable bonds is 6. The Labute approximate surface area is 98.1 Å². The third-order valence-corrected chi connectivity index (χ3v) is 2.02. The van der Waals surface area contributed by atoms with Gasteiger partial charge in [0.15, 0.2) is 0 Å². The van der Waals surface area contributed by atoms with E-state index >= 15 is 0 Å². The molecule has 0 radical (unpaired) electrons. The molecule has 0 fully saturated rings. The second kappa shape index (κ2) is 6.37. The van der Waals surface area contributed by atoms with Gasteiger partial charge >= 0.3 is 5.97 Å². The fourth-order valence-corrected chi connectivity index (χ4v) is 1.08. The first-order valence-corrected chi connectivity index (χ1v) is 4.95. The summed E-state index contributed by atoms with van der Waals surface area (Å²) in [5.74, 6) is -0.0957. The van der Waals surface area contributed by atoms with Crippen LogP contribution in [-0.4, -0.2) is 30.9 Å². The van der Waals surface area contributed by atoms with Crippen LogP contribution in [0, 0.1) is 4.91 Å². The first kappa shape index (κ1) is 12.8. The van der Waals surface area contributed by atoms with Crippen molar-refractivity contribution in [2.45, 2.75) is 6.42 Å². The molecule has 0 saturated carbocycles. The lowest BCUT2D eigenvalue weighted by Crippen LogP contribution is -2.21. The maximum atomic E-state index is 11.3. The van der Waals surface area contributed by atoms with Crippen molar-refractivity contribution in [1.29, 1.82) is 0 Å². The van der Waals surface area contributed by atoms with E-state index in [9.17, 15) is 14.5 Å². The van der Waals surface area contributed by atoms with Gasteiger partial charge in [-0.05, 0) is 29.4 Å². The predicted molar refractivity (Wildman–Crippen MR) is 60.8 cm³/mol. The summed E-state index contributed by atoms with van der Waals surface area (Å²) < 4.78 is 4.98. The Bertz CT molecular complexity index is 402. The number of hydrogen-bond donors (Lipinski definition) is 0. The summed E-state index contributed by atoms with van der Waals surface area (Å²) in [5, 5.41) is 2.73. The summed E-state index contributed by atoms with van der Waals surface area (Å²) in [6, 6.07) is 5.87. The van der Waals surface area contributed by atoms with E-state index in [1.165, 1.54) is 29.2 Å². The zero-order valence-corrected chi connectivity index (χ0v) is 9.33. The van der Waals surface area contributed by atoms with Gasteiger partial charge in [0.25, 0.3) is 0 Å². The van der Waals surface area contributed by atoms with E-state index in [4.69, 9.17) is 4.74 Å². The van der Waals surface area contributed by atoms with Gasteiger partial charge in [-0.15, -0.1) is 4.91 Å². The van der Waals surface area contributed by atoms with E-state index in [1.54, 1.807) is 7.05 Å². The minimum absolute atomic E-state index is 0.114. The molecule has 17 heavy (non-hydrogen) atoms. The van der Waals surface area contributed by atoms with Crippen molar-refractivity contribution in [3.63, 3.8) is 0 Å². The standard InChI is InChI=1S/C11H12N2O4/c1-13(8-14)7-6-11(15)17-10-4-2-9(12-16)3-5-10/h2-5,8H,6-7H2,1H3. The Balaban J connectivity index is 2.44. The zero-order valence-electron chi connectivity index (χ0n) is 9.33. The second-order valence-electron chi connectivity index (χ2n) is 3.40. The van der Waals surface area contributed by atoms with E-state index < -0.39 is 5.97 Å². The van der Waals surface area contributed by atoms with Gasteiger partial charge < -0.3 is 9.64 Å². The number of amides is 1. The number of ether oxygens (including phenoxy) is 1. The predicted octanol–water partition coefficient (Wildman–Crippen LogP) is 1.47. The van der Waals surface area contributed by atoms with Gasteiger partial charge in [-0.1, -0.05) is 0 Å². The summed E-state index contributed by atoms with van der Waals surface area (Å²) >= 11 is 0. The van der Waals surface area contributed by atoms with Crippen LogP contribution in [0.2, 0.25) is 0 Å². The van der Waals surface area contributed by atoms with Crippen molar-refractivity contribution < 1.29 is 14.3 Å². The van der Waals surface area contributed by atoms with Gasteiger partial charge in [0, 0.05) is 13.6 Å². The molecule has 1 rings (SSSR count). The van der Waals surface area contributed by atoms with E-state index in [1.807, 2.05) is 0 Å². The Morgan fingerprint density at radius 3 is 2.59 bits per heavy atom. The number of carbonyl (C=O) groups excluding carboxylic acids is 2. The van der Waals surface area contributed by atoms with Crippen molar-refractivity contribution >= 4 is 18.1 Å². The Morgan fingerprint density at radius 2 is 2.06 bits per heavy atom. The Kier molecular flexibility index (Phi) is 4.80. The third-order valence-electron chi connectivity index (χ3n) is 2.02.